The van der Waals surface area contributed by atoms with Crippen molar-refractivity contribution in [3.05, 3.63) is 71.9 Å². The van der Waals surface area contributed by atoms with Crippen molar-refractivity contribution in [3.8, 4) is 22.5 Å². The summed E-state index contributed by atoms with van der Waals surface area (Å²) in [5.41, 5.74) is 4.86. The maximum absolute atomic E-state index is 15.0. The third kappa shape index (κ3) is 5.63. The lowest BCUT2D eigenvalue weighted by atomic mass is 9.90. The number of carbonyl (C=O) groups excluding carboxylic acids is 1. The molecule has 2 aromatic carbocycles. The van der Waals surface area contributed by atoms with Gasteiger partial charge in [-0.05, 0) is 74.4 Å². The summed E-state index contributed by atoms with van der Waals surface area (Å²) in [5.74, 6) is 0.411. The van der Waals surface area contributed by atoms with Gasteiger partial charge in [-0.15, -0.1) is 0 Å². The van der Waals surface area contributed by atoms with Crippen molar-refractivity contribution in [2.45, 2.75) is 45.4 Å². The van der Waals surface area contributed by atoms with Gasteiger partial charge in [-0.3, -0.25) is 4.79 Å². The summed E-state index contributed by atoms with van der Waals surface area (Å²) < 4.78 is 26.0. The summed E-state index contributed by atoms with van der Waals surface area (Å²) in [6, 6.07) is 15.1. The van der Waals surface area contributed by atoms with Crippen molar-refractivity contribution in [3.63, 3.8) is 0 Å². The van der Waals surface area contributed by atoms with E-state index in [9.17, 15) is 9.18 Å². The van der Waals surface area contributed by atoms with Crippen LogP contribution in [0.25, 0.3) is 33.6 Å². The van der Waals surface area contributed by atoms with E-state index in [1.807, 2.05) is 6.07 Å². The molecule has 0 radical (unpaired) electrons. The van der Waals surface area contributed by atoms with Crippen LogP contribution in [0.4, 0.5) is 4.39 Å². The molecule has 7 heteroatoms. The third-order valence-corrected chi connectivity index (χ3v) is 7.50. The molecule has 0 N–H and O–H groups in total. The molecule has 1 atom stereocenters. The average molecular weight is 516 g/mol. The highest BCUT2D eigenvalue weighted by Crippen LogP contribution is 2.42. The lowest BCUT2D eigenvalue weighted by Crippen LogP contribution is -2.37. The molecule has 0 spiro atoms. The molecule has 0 bridgehead atoms. The van der Waals surface area contributed by atoms with Gasteiger partial charge in [-0.25, -0.2) is 14.4 Å². The molecule has 1 aliphatic heterocycles. The zero-order chi connectivity index (χ0) is 26.5. The minimum atomic E-state index is -0.331. The molecule has 2 aromatic heterocycles. The molecule has 1 saturated heterocycles. The Hall–Kier alpha value is -3.58. The number of methoxy groups -OCH3 is 1. The molecule has 38 heavy (non-hydrogen) atoms. The van der Waals surface area contributed by atoms with Gasteiger partial charge in [0.1, 0.15) is 17.9 Å². The first-order chi connectivity index (χ1) is 18.6. The Morgan fingerprint density at radius 1 is 1.16 bits per heavy atom. The number of fused-ring (bicyclic) bond motifs is 1. The fourth-order valence-corrected chi connectivity index (χ4v) is 5.51. The van der Waals surface area contributed by atoms with Crippen molar-refractivity contribution in [1.82, 2.24) is 14.9 Å². The molecule has 0 amide bonds. The maximum atomic E-state index is 15.0. The Balaban J connectivity index is 1.50. The predicted octanol–water partition coefficient (Wildman–Crippen LogP) is 6.47. The van der Waals surface area contributed by atoms with Crippen molar-refractivity contribution < 1.29 is 18.3 Å². The van der Waals surface area contributed by atoms with Gasteiger partial charge in [0, 0.05) is 18.5 Å². The number of furan rings is 1. The number of nitrogens with zero attached hydrogens (tertiary/aromatic N) is 3. The summed E-state index contributed by atoms with van der Waals surface area (Å²) in [5, 5.41) is 0.859. The van der Waals surface area contributed by atoms with Crippen LogP contribution < -0.4 is 0 Å². The lowest BCUT2D eigenvalue weighted by Gasteiger charge is -2.32. The van der Waals surface area contributed by atoms with Gasteiger partial charge >= 0.3 is 5.97 Å². The van der Waals surface area contributed by atoms with Crippen molar-refractivity contribution >= 4 is 17.1 Å². The molecule has 1 aliphatic rings. The predicted molar refractivity (Wildman–Crippen MR) is 146 cm³/mol. The topological polar surface area (TPSA) is 68.5 Å². The molecule has 4 aromatic rings. The number of hydrogen-bond donors (Lipinski definition) is 0. The van der Waals surface area contributed by atoms with E-state index in [1.54, 1.807) is 18.5 Å². The van der Waals surface area contributed by atoms with E-state index in [-0.39, 0.29) is 11.8 Å². The van der Waals surface area contributed by atoms with Crippen LogP contribution in [0.2, 0.25) is 0 Å². The van der Waals surface area contributed by atoms with Crippen LogP contribution >= 0.6 is 0 Å². The summed E-state index contributed by atoms with van der Waals surface area (Å²) in [6.07, 6.45) is 6.72. The van der Waals surface area contributed by atoms with Crippen LogP contribution in [0.1, 0.15) is 43.9 Å². The van der Waals surface area contributed by atoms with E-state index < -0.39 is 0 Å². The zero-order valence-electron chi connectivity index (χ0n) is 22.1. The smallest absolute Gasteiger partial charge is 0.305 e. The maximum Gasteiger partial charge on any atom is 0.305 e. The molecule has 6 nitrogen and oxygen atoms in total. The molecule has 3 heterocycles. The molecular formula is C31H34FN3O3. The summed E-state index contributed by atoms with van der Waals surface area (Å²) in [4.78, 5) is 23.1. The molecule has 198 valence electrons. The van der Waals surface area contributed by atoms with Crippen LogP contribution in [0.5, 0.6) is 0 Å². The Labute approximate surface area is 222 Å². The second-order valence-corrected chi connectivity index (χ2v) is 10.0. The van der Waals surface area contributed by atoms with Gasteiger partial charge in [-0.1, -0.05) is 43.3 Å². The first-order valence-electron chi connectivity index (χ1n) is 13.5. The molecule has 0 unspecified atom stereocenters. The number of likely N-dealkylation sites (tertiary alicyclic amines) is 1. The SMILES string of the molecule is CCc1ccc(-c2c(-c3ccccc3F)oc3ncnc(C[C@@H]4CCCN(CCCC(=O)OC)C4)c23)cc1. The number of aromatic nitrogens is 2. The van der Waals surface area contributed by atoms with E-state index >= 15 is 0 Å². The minimum Gasteiger partial charge on any atom is -0.469 e. The second-order valence-electron chi connectivity index (χ2n) is 10.0. The van der Waals surface area contributed by atoms with E-state index in [0.717, 1.165) is 73.9 Å². The van der Waals surface area contributed by atoms with Crippen molar-refractivity contribution in [2.75, 3.05) is 26.7 Å². The standard InChI is InChI=1S/C31H34FN3O3/c1-3-21-12-14-23(15-13-21)28-29-26(18-22-8-6-16-35(19-22)17-7-11-27(36)37-2)33-20-34-31(29)38-30(28)24-9-4-5-10-25(24)32/h4-5,9-10,12-15,20,22H,3,6-8,11,16-19H2,1-2H3/t22-/m0/s1. The Kier molecular flexibility index (Phi) is 8.13. The Bertz CT molecular complexity index is 1400. The van der Waals surface area contributed by atoms with Gasteiger partial charge in [0.05, 0.1) is 23.8 Å². The van der Waals surface area contributed by atoms with Gasteiger partial charge in [0.2, 0.25) is 5.71 Å². The number of rotatable bonds is 9. The fourth-order valence-electron chi connectivity index (χ4n) is 5.51. The first kappa shape index (κ1) is 26.0. The number of ether oxygens (including phenoxy) is 1. The first-order valence-corrected chi connectivity index (χ1v) is 13.5. The van der Waals surface area contributed by atoms with Crippen LogP contribution in [0.15, 0.2) is 59.3 Å². The van der Waals surface area contributed by atoms with Crippen LogP contribution in [-0.4, -0.2) is 47.6 Å². The van der Waals surface area contributed by atoms with Gasteiger partial charge < -0.3 is 14.1 Å². The second kappa shape index (κ2) is 11.9. The normalized spacial score (nSPS) is 16.1. The largest absolute Gasteiger partial charge is 0.469 e. The van der Waals surface area contributed by atoms with Crippen LogP contribution in [0, 0.1) is 11.7 Å². The highest BCUT2D eigenvalue weighted by molar-refractivity contribution is 6.01. The average Bonchev–Trinajstić information content (AvgIpc) is 3.34. The van der Waals surface area contributed by atoms with E-state index in [0.29, 0.717) is 29.4 Å². The zero-order valence-corrected chi connectivity index (χ0v) is 22.1. The van der Waals surface area contributed by atoms with E-state index in [2.05, 4.69) is 41.1 Å². The Morgan fingerprint density at radius 2 is 1.97 bits per heavy atom. The van der Waals surface area contributed by atoms with Crippen LogP contribution in [-0.2, 0) is 22.4 Å². The highest BCUT2D eigenvalue weighted by Gasteiger charge is 2.26. The quantitative estimate of drug-likeness (QED) is 0.238. The number of carbonyl (C=O) groups is 1. The molecule has 1 fully saturated rings. The summed E-state index contributed by atoms with van der Waals surface area (Å²) in [7, 11) is 1.43. The summed E-state index contributed by atoms with van der Waals surface area (Å²) >= 11 is 0. The van der Waals surface area contributed by atoms with Crippen LogP contribution in [0.3, 0.4) is 0 Å². The molecule has 5 rings (SSSR count). The summed E-state index contributed by atoms with van der Waals surface area (Å²) in [6.45, 7) is 4.99. The molecular weight excluding hydrogens is 481 g/mol. The number of halogens is 1. The third-order valence-electron chi connectivity index (χ3n) is 7.50. The fraction of sp³-hybridized carbons (Fsp3) is 0.387. The van der Waals surface area contributed by atoms with Gasteiger partial charge in [0.25, 0.3) is 0 Å². The number of aryl methyl sites for hydroxylation is 1. The number of piperidine rings is 1. The van der Waals surface area contributed by atoms with E-state index in [1.165, 1.54) is 18.7 Å². The number of benzene rings is 2. The molecule has 0 saturated carbocycles. The Morgan fingerprint density at radius 3 is 2.74 bits per heavy atom. The number of esters is 1. The van der Waals surface area contributed by atoms with Crippen molar-refractivity contribution in [1.29, 1.82) is 0 Å². The number of hydrogen-bond acceptors (Lipinski definition) is 6. The monoisotopic (exact) mass is 515 g/mol. The molecule has 0 aliphatic carbocycles. The van der Waals surface area contributed by atoms with Gasteiger partial charge in [0.15, 0.2) is 0 Å². The van der Waals surface area contributed by atoms with Crippen molar-refractivity contribution in [2.24, 2.45) is 5.92 Å². The highest BCUT2D eigenvalue weighted by atomic mass is 19.1. The van der Waals surface area contributed by atoms with Gasteiger partial charge in [-0.2, -0.15) is 0 Å². The van der Waals surface area contributed by atoms with E-state index in [4.69, 9.17) is 14.1 Å². The minimum absolute atomic E-state index is 0.160. The lowest BCUT2D eigenvalue weighted by molar-refractivity contribution is -0.140.